The molecular weight excluding hydrogens is 493 g/mol. The predicted molar refractivity (Wildman–Crippen MR) is 137 cm³/mol. The average molecular weight is 518 g/mol. The van der Waals surface area contributed by atoms with Gasteiger partial charge in [-0.15, -0.1) is 0 Å². The molecule has 6 rings (SSSR count). The summed E-state index contributed by atoms with van der Waals surface area (Å²) < 4.78 is 0. The van der Waals surface area contributed by atoms with Crippen molar-refractivity contribution in [3.8, 4) is 10.7 Å². The summed E-state index contributed by atoms with van der Waals surface area (Å²) >= 11 is 14.7. The summed E-state index contributed by atoms with van der Waals surface area (Å²) in [6.45, 7) is 2.00. The number of imidazole rings is 1. The van der Waals surface area contributed by atoms with Crippen LogP contribution in [0.2, 0.25) is 10.2 Å². The molecule has 178 valence electrons. The van der Waals surface area contributed by atoms with Crippen LogP contribution in [0.25, 0.3) is 21.9 Å². The summed E-state index contributed by atoms with van der Waals surface area (Å²) in [6, 6.07) is -0.0477. The molecule has 8 nitrogen and oxygen atoms in total. The zero-order chi connectivity index (χ0) is 23.6. The molecule has 1 saturated heterocycles. The van der Waals surface area contributed by atoms with Gasteiger partial charge < -0.3 is 20.1 Å². The number of thiazole rings is 1. The van der Waals surface area contributed by atoms with Crippen molar-refractivity contribution in [3.05, 3.63) is 28.5 Å². The van der Waals surface area contributed by atoms with Gasteiger partial charge >= 0.3 is 0 Å². The second-order valence-electron chi connectivity index (χ2n) is 9.45. The molecule has 0 aromatic carbocycles. The van der Waals surface area contributed by atoms with Gasteiger partial charge in [-0.2, -0.15) is 0 Å². The lowest BCUT2D eigenvalue weighted by molar-refractivity contribution is -0.133. The predicted octanol–water partition coefficient (Wildman–Crippen LogP) is 4.68. The van der Waals surface area contributed by atoms with Crippen molar-refractivity contribution in [2.75, 3.05) is 37.4 Å². The lowest BCUT2D eigenvalue weighted by Crippen LogP contribution is -2.43. The van der Waals surface area contributed by atoms with Crippen LogP contribution in [0.15, 0.2) is 18.3 Å². The first-order valence-electron chi connectivity index (χ1n) is 11.5. The molecule has 1 amide bonds. The van der Waals surface area contributed by atoms with Crippen LogP contribution in [0, 0.1) is 17.8 Å². The number of anilines is 2. The number of hydrogen-bond donors (Lipinski definition) is 2. The number of fused-ring (bicyclic) bond motifs is 3. The van der Waals surface area contributed by atoms with Crippen LogP contribution < -0.4 is 10.2 Å². The normalized spacial score (nSPS) is 25.6. The third-order valence-electron chi connectivity index (χ3n) is 7.14. The topological polar surface area (TPSA) is 90.0 Å². The maximum atomic E-state index is 13.0. The molecule has 34 heavy (non-hydrogen) atoms. The third kappa shape index (κ3) is 3.56. The van der Waals surface area contributed by atoms with Crippen LogP contribution >= 0.6 is 34.5 Å². The van der Waals surface area contributed by atoms with Gasteiger partial charge in [-0.05, 0) is 31.1 Å². The summed E-state index contributed by atoms with van der Waals surface area (Å²) in [5.74, 6) is 1.14. The van der Waals surface area contributed by atoms with E-state index in [1.165, 1.54) is 24.2 Å². The summed E-state index contributed by atoms with van der Waals surface area (Å²) in [5.41, 5.74) is 1.97. The van der Waals surface area contributed by atoms with Crippen LogP contribution in [0.1, 0.15) is 19.3 Å². The number of hydrogen-bond acceptors (Lipinski definition) is 7. The minimum Gasteiger partial charge on any atom is -0.378 e. The number of amides is 1. The highest BCUT2D eigenvalue weighted by atomic mass is 35.5. The number of carbonyl (C=O) groups is 1. The Bertz CT molecular complexity index is 1300. The molecule has 4 heterocycles. The van der Waals surface area contributed by atoms with E-state index >= 15 is 0 Å². The van der Waals surface area contributed by atoms with Crippen molar-refractivity contribution in [1.29, 1.82) is 0 Å². The van der Waals surface area contributed by atoms with Crippen molar-refractivity contribution >= 4 is 62.4 Å². The van der Waals surface area contributed by atoms with Gasteiger partial charge in [0.2, 0.25) is 5.91 Å². The number of rotatable bonds is 5. The Balaban J connectivity index is 1.36. The molecule has 2 N–H and O–H groups in total. The highest BCUT2D eigenvalue weighted by Crippen LogP contribution is 2.47. The molecule has 2 bridgehead atoms. The number of halogens is 2. The Labute approximate surface area is 211 Å². The lowest BCUT2D eigenvalue weighted by Gasteiger charge is -2.31. The first-order valence-corrected chi connectivity index (χ1v) is 13.1. The minimum atomic E-state index is -0.134. The van der Waals surface area contributed by atoms with Gasteiger partial charge in [0, 0.05) is 33.2 Å². The summed E-state index contributed by atoms with van der Waals surface area (Å²) in [5, 5.41) is 5.44. The van der Waals surface area contributed by atoms with Gasteiger partial charge in [0.05, 0.1) is 22.8 Å². The quantitative estimate of drug-likeness (QED) is 0.477. The van der Waals surface area contributed by atoms with E-state index < -0.39 is 0 Å². The van der Waals surface area contributed by atoms with Crippen LogP contribution in [-0.4, -0.2) is 64.0 Å². The van der Waals surface area contributed by atoms with Crippen LogP contribution in [0.3, 0.4) is 0 Å². The monoisotopic (exact) mass is 517 g/mol. The fraction of sp³-hybridized carbons (Fsp3) is 0.478. The maximum absolute atomic E-state index is 13.0. The minimum absolute atomic E-state index is 0.0477. The first-order chi connectivity index (χ1) is 16.4. The van der Waals surface area contributed by atoms with Gasteiger partial charge in [-0.1, -0.05) is 46.7 Å². The summed E-state index contributed by atoms with van der Waals surface area (Å²) in [4.78, 5) is 34.8. The van der Waals surface area contributed by atoms with Gasteiger partial charge in [-0.25, -0.2) is 15.0 Å². The summed E-state index contributed by atoms with van der Waals surface area (Å²) in [7, 11) is 3.62. The Hall–Kier alpha value is -2.36. The van der Waals surface area contributed by atoms with Crippen molar-refractivity contribution in [1.82, 2.24) is 24.8 Å². The van der Waals surface area contributed by atoms with Gasteiger partial charge in [0.1, 0.15) is 10.4 Å². The number of aromatic amines is 1. The van der Waals surface area contributed by atoms with Crippen molar-refractivity contribution in [2.24, 2.45) is 17.8 Å². The second-order valence-corrected chi connectivity index (χ2v) is 11.2. The Morgan fingerprint density at radius 2 is 1.97 bits per heavy atom. The SMILES string of the molecule is CN(C)C(=O)C1C2C=CC(C2)C1Nc1c(Cl)cnc2nc(-c3sc(N4CCCC4)nc3Cl)[nH]c12. The Morgan fingerprint density at radius 1 is 1.21 bits per heavy atom. The molecule has 3 aromatic heterocycles. The number of pyridine rings is 1. The molecule has 11 heteroatoms. The van der Waals surface area contributed by atoms with E-state index in [1.807, 2.05) is 14.1 Å². The number of allylic oxidation sites excluding steroid dienone is 1. The van der Waals surface area contributed by atoms with Crippen LogP contribution in [0.4, 0.5) is 10.8 Å². The molecule has 0 spiro atoms. The van der Waals surface area contributed by atoms with Crippen molar-refractivity contribution in [2.45, 2.75) is 25.3 Å². The highest BCUT2D eigenvalue weighted by Gasteiger charge is 2.49. The van der Waals surface area contributed by atoms with E-state index in [2.05, 4.69) is 37.3 Å². The molecule has 2 aliphatic carbocycles. The van der Waals surface area contributed by atoms with E-state index in [4.69, 9.17) is 28.2 Å². The first kappa shape index (κ1) is 22.1. The molecule has 1 aliphatic heterocycles. The third-order valence-corrected chi connectivity index (χ3v) is 8.93. The zero-order valence-corrected chi connectivity index (χ0v) is 21.2. The molecule has 1 saturated carbocycles. The molecule has 2 fully saturated rings. The molecular formula is C23H25Cl2N7OS. The van der Waals surface area contributed by atoms with Gasteiger partial charge in [0.25, 0.3) is 0 Å². The largest absolute Gasteiger partial charge is 0.378 e. The Morgan fingerprint density at radius 3 is 2.74 bits per heavy atom. The lowest BCUT2D eigenvalue weighted by atomic mass is 9.87. The van der Waals surface area contributed by atoms with E-state index in [0.717, 1.165) is 29.5 Å². The molecule has 4 unspecified atom stereocenters. The highest BCUT2D eigenvalue weighted by molar-refractivity contribution is 7.19. The van der Waals surface area contributed by atoms with Crippen molar-refractivity contribution < 1.29 is 4.79 Å². The van der Waals surface area contributed by atoms with E-state index in [9.17, 15) is 4.79 Å². The fourth-order valence-electron chi connectivity index (χ4n) is 5.48. The van der Waals surface area contributed by atoms with Crippen molar-refractivity contribution in [3.63, 3.8) is 0 Å². The fourth-order valence-corrected chi connectivity index (χ4v) is 6.97. The van der Waals surface area contributed by atoms with Crippen LogP contribution in [-0.2, 0) is 4.79 Å². The standard InChI is InChI=1S/C23H25Cl2N7OS/c1-31(2)22(33)14-11-5-6-12(9-11)15(14)27-16-13(24)10-26-20-17(16)28-21(30-20)18-19(25)29-23(34-18)32-7-3-4-8-32/h5-6,10-12,14-15H,3-4,7-9H2,1-2H3,(H2,26,27,28,30). The van der Waals surface area contributed by atoms with Gasteiger partial charge in [-0.3, -0.25) is 4.79 Å². The van der Waals surface area contributed by atoms with E-state index in [0.29, 0.717) is 32.9 Å². The number of nitrogens with zero attached hydrogens (tertiary/aromatic N) is 5. The molecule has 3 aromatic rings. The zero-order valence-electron chi connectivity index (χ0n) is 18.9. The van der Waals surface area contributed by atoms with Gasteiger partial charge in [0.15, 0.2) is 21.8 Å². The van der Waals surface area contributed by atoms with Crippen LogP contribution in [0.5, 0.6) is 0 Å². The second kappa shape index (κ2) is 8.39. The molecule has 0 radical (unpaired) electrons. The maximum Gasteiger partial charge on any atom is 0.227 e. The molecule has 4 atom stereocenters. The number of nitrogens with one attached hydrogen (secondary N) is 2. The van der Waals surface area contributed by atoms with E-state index in [1.54, 1.807) is 11.1 Å². The average Bonchev–Trinajstić information content (AvgIpc) is 3.62. The Kier molecular flexibility index (Phi) is 5.46. The number of H-pyrrole nitrogens is 1. The smallest absolute Gasteiger partial charge is 0.227 e. The molecule has 3 aliphatic rings. The number of aromatic nitrogens is 4. The number of carbonyl (C=O) groups excluding carboxylic acids is 1. The van der Waals surface area contributed by atoms with E-state index in [-0.39, 0.29) is 29.7 Å². The summed E-state index contributed by atoms with van der Waals surface area (Å²) in [6.07, 6.45) is 9.30.